The van der Waals surface area contributed by atoms with Crippen LogP contribution in [0.2, 0.25) is 5.82 Å². The second-order valence-corrected chi connectivity index (χ2v) is 2.24. The molecule has 0 aromatic carbocycles. The normalized spacial score (nSPS) is 28.1. The Morgan fingerprint density at radius 3 is 2.57 bits per heavy atom. The summed E-state index contributed by atoms with van der Waals surface area (Å²) in [6.07, 6.45) is 5.92. The van der Waals surface area contributed by atoms with Crippen LogP contribution in [0.5, 0.6) is 0 Å². The van der Waals surface area contributed by atoms with Crippen molar-refractivity contribution >= 4 is 17.1 Å². The first kappa shape index (κ1) is 5.12. The molecule has 2 heteroatoms. The lowest BCUT2D eigenvalue weighted by Gasteiger charge is -1.96. The van der Waals surface area contributed by atoms with Crippen molar-refractivity contribution in [1.29, 1.82) is 0 Å². The fourth-order valence-electron chi connectivity index (χ4n) is 0.509. The van der Waals surface area contributed by atoms with E-state index in [0.717, 1.165) is 0 Å². The topological polar surface area (TPSA) is 0 Å². The van der Waals surface area contributed by atoms with Crippen LogP contribution in [-0.4, -0.2) is 7.85 Å². The molecule has 0 heterocycles. The van der Waals surface area contributed by atoms with Gasteiger partial charge in [0, 0.05) is 0 Å². The van der Waals surface area contributed by atoms with E-state index in [9.17, 15) is 0 Å². The summed E-state index contributed by atoms with van der Waals surface area (Å²) in [4.78, 5) is 0. The van der Waals surface area contributed by atoms with Crippen LogP contribution < -0.4 is 0 Å². The highest BCUT2D eigenvalue weighted by atomic mass is 31.0. The molecule has 0 aromatic heterocycles. The van der Waals surface area contributed by atoms with Gasteiger partial charge in [0.25, 0.3) is 0 Å². The molecule has 34 valence electrons. The Labute approximate surface area is 47.3 Å². The van der Waals surface area contributed by atoms with Gasteiger partial charge in [-0.1, -0.05) is 23.5 Å². The van der Waals surface area contributed by atoms with E-state index < -0.39 is 0 Å². The van der Waals surface area contributed by atoms with Crippen LogP contribution in [-0.2, 0) is 0 Å². The Hall–Kier alpha value is -0.0251. The van der Waals surface area contributed by atoms with Gasteiger partial charge in [0.15, 0.2) is 0 Å². The van der Waals surface area contributed by atoms with Crippen molar-refractivity contribution in [3.05, 3.63) is 23.5 Å². The van der Waals surface area contributed by atoms with E-state index >= 15 is 0 Å². The van der Waals surface area contributed by atoms with Crippen LogP contribution in [0.15, 0.2) is 23.5 Å². The predicted octanol–water partition coefficient (Wildman–Crippen LogP) is 1.27. The van der Waals surface area contributed by atoms with Gasteiger partial charge in [0.1, 0.15) is 0 Å². The number of rotatable bonds is 0. The molecule has 0 bridgehead atoms. The summed E-state index contributed by atoms with van der Waals surface area (Å²) in [5.41, 5.74) is 0. The van der Waals surface area contributed by atoms with Gasteiger partial charge in [0.05, 0.1) is 7.85 Å². The Balaban J connectivity index is 2.69. The lowest BCUT2D eigenvalue weighted by atomic mass is 9.89. The van der Waals surface area contributed by atoms with Crippen molar-refractivity contribution in [2.75, 3.05) is 0 Å². The maximum absolute atomic E-state index is 5.50. The minimum Gasteiger partial charge on any atom is -0.110 e. The van der Waals surface area contributed by atoms with E-state index in [2.05, 4.69) is 9.24 Å². The molecule has 0 aromatic rings. The molecule has 0 spiro atoms. The quantitative estimate of drug-likeness (QED) is 0.323. The van der Waals surface area contributed by atoms with Gasteiger partial charge >= 0.3 is 0 Å². The Kier molecular flexibility index (Phi) is 1.34. The van der Waals surface area contributed by atoms with Crippen molar-refractivity contribution in [1.82, 2.24) is 0 Å². The number of hydrogen-bond acceptors (Lipinski definition) is 0. The Morgan fingerprint density at radius 1 is 1.71 bits per heavy atom. The lowest BCUT2D eigenvalue weighted by molar-refractivity contribution is 1.39. The van der Waals surface area contributed by atoms with Crippen molar-refractivity contribution < 1.29 is 0 Å². The second-order valence-electron chi connectivity index (χ2n) is 1.58. The summed E-state index contributed by atoms with van der Waals surface area (Å²) in [5, 5.41) is 1.17. The van der Waals surface area contributed by atoms with Gasteiger partial charge < -0.3 is 0 Å². The monoisotopic (exact) mass is 108 g/mol. The molecule has 0 N–H and O–H groups in total. The van der Waals surface area contributed by atoms with Gasteiger partial charge in [-0.05, 0) is 5.82 Å². The molecule has 0 amide bonds. The maximum atomic E-state index is 5.50. The molecule has 0 nitrogen and oxygen atoms in total. The zero-order valence-corrected chi connectivity index (χ0v) is 5.12. The van der Waals surface area contributed by atoms with Crippen molar-refractivity contribution in [2.24, 2.45) is 0 Å². The van der Waals surface area contributed by atoms with E-state index in [4.69, 9.17) is 7.85 Å². The van der Waals surface area contributed by atoms with Gasteiger partial charge in [-0.3, -0.25) is 0 Å². The highest BCUT2D eigenvalue weighted by Crippen LogP contribution is 2.26. The summed E-state index contributed by atoms with van der Waals surface area (Å²) in [5.74, 6) is 0.157. The molecule has 0 fully saturated rings. The molecule has 2 radical (unpaired) electrons. The zero-order chi connectivity index (χ0) is 5.28. The van der Waals surface area contributed by atoms with Gasteiger partial charge in [-0.15, -0.1) is 9.24 Å². The molecular formula is C5H6BP. The third-order valence-electron chi connectivity index (χ3n) is 0.992. The molecule has 2 atom stereocenters. The second kappa shape index (κ2) is 1.84. The molecule has 0 aliphatic heterocycles. The Morgan fingerprint density at radius 2 is 2.43 bits per heavy atom. The van der Waals surface area contributed by atoms with Crippen molar-refractivity contribution in [2.45, 2.75) is 5.82 Å². The summed E-state index contributed by atoms with van der Waals surface area (Å²) < 4.78 is 0. The van der Waals surface area contributed by atoms with E-state index in [1.165, 1.54) is 5.31 Å². The smallest absolute Gasteiger partial charge is 0.0820 e. The van der Waals surface area contributed by atoms with Gasteiger partial charge in [-0.25, -0.2) is 0 Å². The van der Waals surface area contributed by atoms with Crippen LogP contribution in [0.25, 0.3) is 0 Å². The largest absolute Gasteiger partial charge is 0.110 e. The van der Waals surface area contributed by atoms with E-state index in [1.54, 1.807) is 0 Å². The van der Waals surface area contributed by atoms with Crippen LogP contribution >= 0.6 is 9.24 Å². The van der Waals surface area contributed by atoms with Crippen LogP contribution in [0.3, 0.4) is 0 Å². The maximum Gasteiger partial charge on any atom is 0.0820 e. The third-order valence-corrected chi connectivity index (χ3v) is 1.57. The molecule has 0 saturated carbocycles. The molecule has 0 saturated heterocycles. The molecule has 1 rings (SSSR count). The minimum atomic E-state index is 0.157. The standard InChI is InChI=1S/C5H6BP/c6-4-2-1-3-5(4)7/h1-4H,7H2. The van der Waals surface area contributed by atoms with Crippen LogP contribution in [0, 0.1) is 0 Å². The van der Waals surface area contributed by atoms with Crippen LogP contribution in [0.1, 0.15) is 0 Å². The third kappa shape index (κ3) is 0.949. The summed E-state index contributed by atoms with van der Waals surface area (Å²) >= 11 is 0. The molecule has 2 unspecified atom stereocenters. The number of allylic oxidation sites excluding steroid dienone is 4. The molecule has 1 aliphatic carbocycles. The summed E-state index contributed by atoms with van der Waals surface area (Å²) in [7, 11) is 8.09. The number of hydrogen-bond donors (Lipinski definition) is 0. The summed E-state index contributed by atoms with van der Waals surface area (Å²) in [6.45, 7) is 0. The van der Waals surface area contributed by atoms with Crippen molar-refractivity contribution in [3.63, 3.8) is 0 Å². The fourth-order valence-corrected chi connectivity index (χ4v) is 0.731. The predicted molar refractivity (Wildman–Crippen MR) is 36.4 cm³/mol. The van der Waals surface area contributed by atoms with Crippen molar-refractivity contribution in [3.8, 4) is 0 Å². The van der Waals surface area contributed by atoms with E-state index in [1.807, 2.05) is 18.2 Å². The lowest BCUT2D eigenvalue weighted by Crippen LogP contribution is -1.78. The molecule has 1 aliphatic rings. The van der Waals surface area contributed by atoms with E-state index in [0.29, 0.717) is 0 Å². The Bertz CT molecular complexity index is 126. The first-order valence-electron chi connectivity index (χ1n) is 2.20. The van der Waals surface area contributed by atoms with Crippen LogP contribution in [0.4, 0.5) is 0 Å². The first-order chi connectivity index (χ1) is 3.30. The van der Waals surface area contributed by atoms with Gasteiger partial charge in [-0.2, -0.15) is 0 Å². The SMILES string of the molecule is [B]C1C=CC=C1P. The zero-order valence-electron chi connectivity index (χ0n) is 3.96. The van der Waals surface area contributed by atoms with E-state index in [-0.39, 0.29) is 5.82 Å². The highest BCUT2D eigenvalue weighted by molar-refractivity contribution is 7.23. The molecule has 7 heavy (non-hydrogen) atoms. The summed E-state index contributed by atoms with van der Waals surface area (Å²) in [6, 6.07) is 0. The highest BCUT2D eigenvalue weighted by Gasteiger charge is 2.00. The first-order valence-corrected chi connectivity index (χ1v) is 2.78. The van der Waals surface area contributed by atoms with Gasteiger partial charge in [0.2, 0.25) is 0 Å². The average Bonchev–Trinajstić information content (AvgIpc) is 1.91. The fraction of sp³-hybridized carbons (Fsp3) is 0.200. The minimum absolute atomic E-state index is 0.157. The molecular weight excluding hydrogens is 102 g/mol. The average molecular weight is 108 g/mol.